The lowest BCUT2D eigenvalue weighted by molar-refractivity contribution is 0.460. The van der Waals surface area contributed by atoms with Crippen molar-refractivity contribution in [2.45, 2.75) is 25.8 Å². The summed E-state index contributed by atoms with van der Waals surface area (Å²) in [5.74, 6) is 0.305. The largest absolute Gasteiger partial charge is 0.508 e. The number of fused-ring (bicyclic) bond motifs is 1. The van der Waals surface area contributed by atoms with Gasteiger partial charge < -0.3 is 10.8 Å². The van der Waals surface area contributed by atoms with Gasteiger partial charge in [-0.2, -0.15) is 0 Å². The first-order valence-electron chi connectivity index (χ1n) is 5.70. The summed E-state index contributed by atoms with van der Waals surface area (Å²) in [7, 11) is 0. The molecule has 2 aromatic rings. The van der Waals surface area contributed by atoms with Crippen molar-refractivity contribution in [3.8, 4) is 5.75 Å². The molecule has 0 saturated carbocycles. The van der Waals surface area contributed by atoms with Gasteiger partial charge in [-0.25, -0.2) is 0 Å². The zero-order valence-electron chi connectivity index (χ0n) is 9.48. The van der Waals surface area contributed by atoms with Crippen molar-refractivity contribution in [1.82, 2.24) is 0 Å². The van der Waals surface area contributed by atoms with E-state index in [2.05, 4.69) is 6.92 Å². The molecule has 0 amide bonds. The normalized spacial score (nSPS) is 12.9. The molecular formula is C14H17NO. The van der Waals surface area contributed by atoms with Crippen molar-refractivity contribution in [3.05, 3.63) is 42.0 Å². The molecule has 1 atom stereocenters. The van der Waals surface area contributed by atoms with E-state index in [1.807, 2.05) is 30.3 Å². The number of phenols is 1. The van der Waals surface area contributed by atoms with Crippen LogP contribution in [0.15, 0.2) is 36.4 Å². The molecule has 0 bridgehead atoms. The fourth-order valence-corrected chi connectivity index (χ4v) is 2.13. The Balaban J connectivity index is 2.61. The molecule has 2 heteroatoms. The van der Waals surface area contributed by atoms with Crippen LogP contribution in [0.5, 0.6) is 5.75 Å². The minimum Gasteiger partial charge on any atom is -0.508 e. The second-order valence-corrected chi connectivity index (χ2v) is 4.11. The SMILES string of the molecule is CCC[C@@H](N)c1c(O)ccc2ccccc12. The van der Waals surface area contributed by atoms with Gasteiger partial charge in [0.1, 0.15) is 5.75 Å². The average molecular weight is 215 g/mol. The smallest absolute Gasteiger partial charge is 0.120 e. The van der Waals surface area contributed by atoms with Crippen LogP contribution < -0.4 is 5.73 Å². The Kier molecular flexibility index (Phi) is 3.11. The summed E-state index contributed by atoms with van der Waals surface area (Å²) in [6, 6.07) is 11.6. The van der Waals surface area contributed by atoms with Crippen LogP contribution in [0.3, 0.4) is 0 Å². The highest BCUT2D eigenvalue weighted by Gasteiger charge is 2.13. The van der Waals surface area contributed by atoms with Gasteiger partial charge >= 0.3 is 0 Å². The first-order valence-corrected chi connectivity index (χ1v) is 5.70. The minimum atomic E-state index is -0.0869. The van der Waals surface area contributed by atoms with Crippen LogP contribution >= 0.6 is 0 Å². The van der Waals surface area contributed by atoms with E-state index in [4.69, 9.17) is 5.73 Å². The third-order valence-electron chi connectivity index (χ3n) is 2.92. The van der Waals surface area contributed by atoms with E-state index in [0.717, 1.165) is 29.2 Å². The first-order chi connectivity index (χ1) is 7.74. The summed E-state index contributed by atoms with van der Waals surface area (Å²) in [6.45, 7) is 2.10. The maximum absolute atomic E-state index is 9.93. The number of hydrogen-bond acceptors (Lipinski definition) is 2. The van der Waals surface area contributed by atoms with Gasteiger partial charge in [0.05, 0.1) is 0 Å². The Labute approximate surface area is 95.7 Å². The number of benzene rings is 2. The van der Waals surface area contributed by atoms with Crippen LogP contribution in [0.4, 0.5) is 0 Å². The van der Waals surface area contributed by atoms with Crippen molar-refractivity contribution in [3.63, 3.8) is 0 Å². The lowest BCUT2D eigenvalue weighted by Gasteiger charge is -2.15. The zero-order valence-corrected chi connectivity index (χ0v) is 9.48. The number of phenolic OH excluding ortho intramolecular Hbond substituents is 1. The van der Waals surface area contributed by atoms with Gasteiger partial charge in [0.15, 0.2) is 0 Å². The number of aromatic hydroxyl groups is 1. The molecule has 2 aromatic carbocycles. The Morgan fingerprint density at radius 1 is 1.19 bits per heavy atom. The summed E-state index contributed by atoms with van der Waals surface area (Å²) in [5, 5.41) is 12.1. The monoisotopic (exact) mass is 215 g/mol. The molecule has 16 heavy (non-hydrogen) atoms. The molecule has 0 aliphatic heterocycles. The fourth-order valence-electron chi connectivity index (χ4n) is 2.13. The van der Waals surface area contributed by atoms with Gasteiger partial charge in [-0.05, 0) is 23.3 Å². The summed E-state index contributed by atoms with van der Waals surface area (Å²) < 4.78 is 0. The van der Waals surface area contributed by atoms with Gasteiger partial charge in [0, 0.05) is 11.6 Å². The molecule has 84 valence electrons. The van der Waals surface area contributed by atoms with Crippen LogP contribution in [0.1, 0.15) is 31.4 Å². The fraction of sp³-hybridized carbons (Fsp3) is 0.286. The zero-order chi connectivity index (χ0) is 11.5. The molecule has 0 spiro atoms. The third-order valence-corrected chi connectivity index (χ3v) is 2.92. The highest BCUT2D eigenvalue weighted by atomic mass is 16.3. The Hall–Kier alpha value is -1.54. The van der Waals surface area contributed by atoms with E-state index in [0.29, 0.717) is 5.75 Å². The molecule has 0 heterocycles. The highest BCUT2D eigenvalue weighted by Crippen LogP contribution is 2.32. The van der Waals surface area contributed by atoms with Crippen molar-refractivity contribution in [2.24, 2.45) is 5.73 Å². The second kappa shape index (κ2) is 4.54. The summed E-state index contributed by atoms with van der Waals surface area (Å²) in [4.78, 5) is 0. The third kappa shape index (κ3) is 1.89. The number of rotatable bonds is 3. The van der Waals surface area contributed by atoms with Gasteiger partial charge in [0.25, 0.3) is 0 Å². The molecule has 0 unspecified atom stereocenters. The standard InChI is InChI=1S/C14H17NO/c1-2-5-12(15)14-11-7-4-3-6-10(11)8-9-13(14)16/h3-4,6-9,12,16H,2,5,15H2,1H3/t12-/m1/s1. The van der Waals surface area contributed by atoms with Crippen LogP contribution in [-0.4, -0.2) is 5.11 Å². The van der Waals surface area contributed by atoms with Crippen LogP contribution in [0.2, 0.25) is 0 Å². The quantitative estimate of drug-likeness (QED) is 0.824. The highest BCUT2D eigenvalue weighted by molar-refractivity contribution is 5.88. The topological polar surface area (TPSA) is 46.2 Å². The van der Waals surface area contributed by atoms with Gasteiger partial charge in [-0.3, -0.25) is 0 Å². The maximum Gasteiger partial charge on any atom is 0.120 e. The molecule has 2 rings (SSSR count). The lowest BCUT2D eigenvalue weighted by Crippen LogP contribution is -2.10. The molecule has 0 aliphatic rings. The first kappa shape index (κ1) is 11.0. The molecule has 0 aromatic heterocycles. The molecule has 0 saturated heterocycles. The maximum atomic E-state index is 9.93. The van der Waals surface area contributed by atoms with Gasteiger partial charge in [-0.15, -0.1) is 0 Å². The van der Waals surface area contributed by atoms with E-state index in [1.54, 1.807) is 6.07 Å². The molecule has 0 radical (unpaired) electrons. The van der Waals surface area contributed by atoms with E-state index in [1.165, 1.54) is 0 Å². The van der Waals surface area contributed by atoms with E-state index in [9.17, 15) is 5.11 Å². The molecule has 3 N–H and O–H groups in total. The van der Waals surface area contributed by atoms with E-state index in [-0.39, 0.29) is 6.04 Å². The lowest BCUT2D eigenvalue weighted by atomic mass is 9.95. The van der Waals surface area contributed by atoms with Gasteiger partial charge in [0.2, 0.25) is 0 Å². The predicted octanol–water partition coefficient (Wildman–Crippen LogP) is 3.35. The Morgan fingerprint density at radius 3 is 2.69 bits per heavy atom. The summed E-state index contributed by atoms with van der Waals surface area (Å²) in [5.41, 5.74) is 6.99. The molecule has 2 nitrogen and oxygen atoms in total. The van der Waals surface area contributed by atoms with Crippen molar-refractivity contribution >= 4 is 10.8 Å². The summed E-state index contributed by atoms with van der Waals surface area (Å²) >= 11 is 0. The number of nitrogens with two attached hydrogens (primary N) is 1. The van der Waals surface area contributed by atoms with Crippen LogP contribution in [0.25, 0.3) is 10.8 Å². The van der Waals surface area contributed by atoms with E-state index >= 15 is 0 Å². The van der Waals surface area contributed by atoms with Gasteiger partial charge in [-0.1, -0.05) is 43.7 Å². The summed E-state index contributed by atoms with van der Waals surface area (Å²) in [6.07, 6.45) is 1.91. The molecular weight excluding hydrogens is 198 g/mol. The molecule has 0 aliphatic carbocycles. The molecule has 0 fully saturated rings. The van der Waals surface area contributed by atoms with Crippen LogP contribution in [-0.2, 0) is 0 Å². The average Bonchev–Trinajstić information content (AvgIpc) is 2.29. The van der Waals surface area contributed by atoms with Crippen molar-refractivity contribution in [2.75, 3.05) is 0 Å². The Bertz CT molecular complexity index is 493. The number of hydrogen-bond donors (Lipinski definition) is 2. The second-order valence-electron chi connectivity index (χ2n) is 4.11. The van der Waals surface area contributed by atoms with Crippen LogP contribution in [0, 0.1) is 0 Å². The predicted molar refractivity (Wildman–Crippen MR) is 67.4 cm³/mol. The van der Waals surface area contributed by atoms with E-state index < -0.39 is 0 Å². The minimum absolute atomic E-state index is 0.0869. The van der Waals surface area contributed by atoms with Crippen molar-refractivity contribution in [1.29, 1.82) is 0 Å². The van der Waals surface area contributed by atoms with Crippen molar-refractivity contribution < 1.29 is 5.11 Å². The Morgan fingerprint density at radius 2 is 1.94 bits per heavy atom.